The number of hydrogen-bond donors (Lipinski definition) is 0. The molecule has 3 aliphatic rings. The Morgan fingerprint density at radius 1 is 0.691 bits per heavy atom. The van der Waals surface area contributed by atoms with E-state index in [0.29, 0.717) is 0 Å². The van der Waals surface area contributed by atoms with E-state index in [4.69, 9.17) is 13.2 Å². The molecule has 6 aromatic rings. The molecule has 0 amide bonds. The third-order valence-corrected chi connectivity index (χ3v) is 12.6. The molecule has 0 bridgehead atoms. The first kappa shape index (κ1) is 34.6. The third kappa shape index (κ3) is 5.36. The van der Waals surface area contributed by atoms with E-state index in [0.717, 1.165) is 41.1 Å². The summed E-state index contributed by atoms with van der Waals surface area (Å²) in [5, 5.41) is 2.63. The van der Waals surface area contributed by atoms with E-state index in [1.54, 1.807) is 0 Å². The van der Waals surface area contributed by atoms with Crippen LogP contribution >= 0.6 is 0 Å². The zero-order chi connectivity index (χ0) is 37.9. The summed E-state index contributed by atoms with van der Waals surface area (Å²) >= 11 is 0. The SMILES string of the molecule is C=C/C=C\c1c2c(c3ccccc3c1C1(C)C=CC=C1CC1Cc3ccccc3C(=C)N(c3ccccc3)C(=C)c3ccccc31)-c1ccccc1C2(C)C. The molecule has 1 heteroatoms. The predicted molar refractivity (Wildman–Crippen MR) is 236 cm³/mol. The molecule has 6 aromatic carbocycles. The zero-order valence-corrected chi connectivity index (χ0v) is 32.1. The van der Waals surface area contributed by atoms with Crippen LogP contribution in [0.15, 0.2) is 183 Å². The standard InChI is InChI=1S/C54H47N/c1-7-8-25-48-51(46-30-17-16-29-45(46)50-47-31-18-19-32-49(47)53(4,5)52(48)50)54(6)33-20-22-40(54)35-39-34-38-21-12-13-26-42(38)36(2)55(41-23-10-9-11-24-41)37(3)43-27-14-15-28-44(39)43/h7-33,39H,1-3,34-35H2,4-6H3/b25-8-. The fourth-order valence-electron chi connectivity index (χ4n) is 10.0. The number of benzene rings is 6. The van der Waals surface area contributed by atoms with Gasteiger partial charge in [0.25, 0.3) is 0 Å². The second kappa shape index (κ2) is 13.3. The quantitative estimate of drug-likeness (QED) is 0.156. The first-order valence-electron chi connectivity index (χ1n) is 19.5. The molecule has 2 unspecified atom stereocenters. The van der Waals surface area contributed by atoms with Crippen molar-refractivity contribution >= 4 is 33.9 Å². The lowest BCUT2D eigenvalue weighted by molar-refractivity contribution is 0.596. The Bertz CT molecular complexity index is 2640. The molecule has 1 aliphatic heterocycles. The maximum atomic E-state index is 4.78. The molecule has 1 nitrogen and oxygen atoms in total. The summed E-state index contributed by atoms with van der Waals surface area (Å²) in [6.07, 6.45) is 15.3. The fraction of sp³-hybridized carbons (Fsp3) is 0.148. The van der Waals surface area contributed by atoms with Crippen molar-refractivity contribution in [3.63, 3.8) is 0 Å². The zero-order valence-electron chi connectivity index (χ0n) is 32.1. The van der Waals surface area contributed by atoms with Crippen LogP contribution in [0.1, 0.15) is 77.6 Å². The Labute approximate surface area is 326 Å². The average molecular weight is 710 g/mol. The summed E-state index contributed by atoms with van der Waals surface area (Å²) in [5.74, 6) is 0.191. The molecule has 0 N–H and O–H groups in total. The number of para-hydroxylation sites is 1. The maximum Gasteiger partial charge on any atom is 0.0465 e. The largest absolute Gasteiger partial charge is 0.310 e. The first-order chi connectivity index (χ1) is 26.7. The lowest BCUT2D eigenvalue weighted by Gasteiger charge is -2.36. The van der Waals surface area contributed by atoms with E-state index in [1.807, 2.05) is 6.08 Å². The van der Waals surface area contributed by atoms with Crippen LogP contribution in [0, 0.1) is 0 Å². The van der Waals surface area contributed by atoms with Gasteiger partial charge in [-0.3, -0.25) is 0 Å². The predicted octanol–water partition coefficient (Wildman–Crippen LogP) is 14.0. The first-order valence-corrected chi connectivity index (χ1v) is 19.5. The summed E-state index contributed by atoms with van der Waals surface area (Å²) in [6.45, 7) is 20.9. The molecule has 2 atom stereocenters. The molecule has 0 aromatic heterocycles. The summed E-state index contributed by atoms with van der Waals surface area (Å²) in [6, 6.07) is 46.4. The van der Waals surface area contributed by atoms with Gasteiger partial charge in [-0.2, -0.15) is 0 Å². The van der Waals surface area contributed by atoms with Gasteiger partial charge in [0.1, 0.15) is 0 Å². The average Bonchev–Trinajstić information content (AvgIpc) is 3.71. The van der Waals surface area contributed by atoms with Gasteiger partial charge in [-0.15, -0.1) is 0 Å². The van der Waals surface area contributed by atoms with Gasteiger partial charge < -0.3 is 4.90 Å². The van der Waals surface area contributed by atoms with Gasteiger partial charge >= 0.3 is 0 Å². The molecule has 55 heavy (non-hydrogen) atoms. The van der Waals surface area contributed by atoms with Crippen LogP contribution in [-0.2, 0) is 17.3 Å². The van der Waals surface area contributed by atoms with E-state index in [9.17, 15) is 0 Å². The van der Waals surface area contributed by atoms with Crippen LogP contribution in [0.25, 0.3) is 39.4 Å². The van der Waals surface area contributed by atoms with Crippen LogP contribution in [0.2, 0.25) is 0 Å². The summed E-state index contributed by atoms with van der Waals surface area (Å²) < 4.78 is 0. The molecule has 1 heterocycles. The fourth-order valence-corrected chi connectivity index (χ4v) is 10.0. The van der Waals surface area contributed by atoms with Crippen molar-refractivity contribution in [2.45, 2.75) is 50.4 Å². The van der Waals surface area contributed by atoms with Crippen LogP contribution in [0.5, 0.6) is 0 Å². The molecule has 0 saturated heterocycles. The number of rotatable bonds is 6. The summed E-state index contributed by atoms with van der Waals surface area (Å²) in [7, 11) is 0. The van der Waals surface area contributed by atoms with Crippen LogP contribution < -0.4 is 4.90 Å². The number of hydrogen-bond acceptors (Lipinski definition) is 1. The van der Waals surface area contributed by atoms with Crippen LogP contribution in [0.3, 0.4) is 0 Å². The van der Waals surface area contributed by atoms with E-state index < -0.39 is 0 Å². The van der Waals surface area contributed by atoms with Gasteiger partial charge in [0, 0.05) is 39.0 Å². The van der Waals surface area contributed by atoms with Crippen molar-refractivity contribution in [2.24, 2.45) is 0 Å². The molecular formula is C54H47N. The Balaban J connectivity index is 1.24. The lowest BCUT2D eigenvalue weighted by Crippen LogP contribution is -2.26. The molecular weight excluding hydrogens is 663 g/mol. The molecule has 2 aliphatic carbocycles. The highest BCUT2D eigenvalue weighted by Gasteiger charge is 2.43. The Kier molecular flexibility index (Phi) is 8.35. The van der Waals surface area contributed by atoms with Gasteiger partial charge in [0.15, 0.2) is 0 Å². The monoisotopic (exact) mass is 709 g/mol. The van der Waals surface area contributed by atoms with E-state index >= 15 is 0 Å². The molecule has 9 rings (SSSR count). The van der Waals surface area contributed by atoms with Crippen molar-refractivity contribution in [1.29, 1.82) is 0 Å². The Morgan fingerprint density at radius 3 is 2.11 bits per heavy atom. The second-order valence-electron chi connectivity index (χ2n) is 16.0. The minimum atomic E-state index is -0.357. The van der Waals surface area contributed by atoms with Gasteiger partial charge in [-0.1, -0.05) is 191 Å². The number of nitrogens with zero attached hydrogens (tertiary/aromatic N) is 1. The topological polar surface area (TPSA) is 3.24 Å². The van der Waals surface area contributed by atoms with Crippen LogP contribution in [0.4, 0.5) is 5.69 Å². The highest BCUT2D eigenvalue weighted by molar-refractivity contribution is 6.07. The number of fused-ring (bicyclic) bond motifs is 7. The third-order valence-electron chi connectivity index (χ3n) is 12.6. The lowest BCUT2D eigenvalue weighted by atomic mass is 9.67. The Hall–Kier alpha value is -6.18. The number of anilines is 1. The molecule has 0 radical (unpaired) electrons. The van der Waals surface area contributed by atoms with E-state index in [2.05, 4.69) is 190 Å². The van der Waals surface area contributed by atoms with Crippen LogP contribution in [-0.4, -0.2) is 0 Å². The maximum absolute atomic E-state index is 4.78. The molecule has 0 spiro atoms. The van der Waals surface area contributed by atoms with E-state index in [-0.39, 0.29) is 16.7 Å². The summed E-state index contributed by atoms with van der Waals surface area (Å²) in [4.78, 5) is 2.25. The van der Waals surface area contributed by atoms with E-state index in [1.165, 1.54) is 60.9 Å². The van der Waals surface area contributed by atoms with Gasteiger partial charge in [0.2, 0.25) is 0 Å². The minimum absolute atomic E-state index is 0.179. The second-order valence-corrected chi connectivity index (χ2v) is 16.0. The van der Waals surface area contributed by atoms with Crippen molar-refractivity contribution in [3.05, 3.63) is 228 Å². The van der Waals surface area contributed by atoms with Crippen molar-refractivity contribution in [2.75, 3.05) is 4.90 Å². The van der Waals surface area contributed by atoms with Gasteiger partial charge in [-0.25, -0.2) is 0 Å². The summed E-state index contributed by atoms with van der Waals surface area (Å²) in [5.41, 5.74) is 16.9. The molecule has 0 fully saturated rings. The van der Waals surface area contributed by atoms with Gasteiger partial charge in [0.05, 0.1) is 0 Å². The van der Waals surface area contributed by atoms with Crippen molar-refractivity contribution < 1.29 is 0 Å². The smallest absolute Gasteiger partial charge is 0.0465 e. The Morgan fingerprint density at radius 2 is 1.33 bits per heavy atom. The van der Waals surface area contributed by atoms with Crippen molar-refractivity contribution in [3.8, 4) is 11.1 Å². The van der Waals surface area contributed by atoms with Crippen molar-refractivity contribution in [1.82, 2.24) is 0 Å². The number of allylic oxidation sites excluding steroid dienone is 6. The highest BCUT2D eigenvalue weighted by atomic mass is 15.2. The van der Waals surface area contributed by atoms with Gasteiger partial charge in [-0.05, 0) is 93.1 Å². The molecule has 0 saturated carbocycles. The minimum Gasteiger partial charge on any atom is -0.310 e. The molecule has 268 valence electrons. The normalized spacial score (nSPS) is 19.7. The highest BCUT2D eigenvalue weighted by Crippen LogP contribution is 2.57.